The molecule has 1 atom stereocenters. The number of amides is 1. The Morgan fingerprint density at radius 3 is 3.00 bits per heavy atom. The van der Waals surface area contributed by atoms with Crippen molar-refractivity contribution in [3.05, 3.63) is 0 Å². The van der Waals surface area contributed by atoms with Crippen molar-refractivity contribution in [2.45, 2.75) is 45.1 Å². The van der Waals surface area contributed by atoms with Crippen LogP contribution in [0.1, 0.15) is 39.0 Å². The zero-order valence-corrected chi connectivity index (χ0v) is 10.3. The van der Waals surface area contributed by atoms with Crippen LogP contribution in [0.4, 0.5) is 0 Å². The van der Waals surface area contributed by atoms with E-state index in [2.05, 4.69) is 0 Å². The van der Waals surface area contributed by atoms with Gasteiger partial charge in [-0.2, -0.15) is 0 Å². The average molecular weight is 228 g/mol. The van der Waals surface area contributed by atoms with E-state index in [1.54, 1.807) is 0 Å². The van der Waals surface area contributed by atoms with Crippen molar-refractivity contribution in [3.63, 3.8) is 0 Å². The third-order valence-electron chi connectivity index (χ3n) is 2.90. The molecule has 1 aliphatic rings. The van der Waals surface area contributed by atoms with Gasteiger partial charge in [-0.1, -0.05) is 6.42 Å². The van der Waals surface area contributed by atoms with Gasteiger partial charge in [-0.3, -0.25) is 4.79 Å². The van der Waals surface area contributed by atoms with Gasteiger partial charge in [0.2, 0.25) is 5.91 Å². The predicted octanol–water partition coefficient (Wildman–Crippen LogP) is 1.14. The molecule has 94 valence electrons. The molecular formula is C12H24N2O2. The number of rotatable bonds is 5. The van der Waals surface area contributed by atoms with Crippen molar-refractivity contribution < 1.29 is 9.53 Å². The summed E-state index contributed by atoms with van der Waals surface area (Å²) in [6.07, 6.45) is 4.83. The van der Waals surface area contributed by atoms with E-state index in [0.29, 0.717) is 6.42 Å². The molecule has 0 saturated carbocycles. The first-order chi connectivity index (χ1) is 7.74. The number of ether oxygens (including phenoxy) is 1. The molecule has 1 rings (SSSR count). The van der Waals surface area contributed by atoms with E-state index in [-0.39, 0.29) is 12.0 Å². The van der Waals surface area contributed by atoms with Crippen molar-refractivity contribution >= 4 is 5.91 Å². The average Bonchev–Trinajstić information content (AvgIpc) is 2.49. The summed E-state index contributed by atoms with van der Waals surface area (Å²) in [4.78, 5) is 13.8. The Hall–Kier alpha value is -0.610. The first-order valence-electron chi connectivity index (χ1n) is 6.33. The summed E-state index contributed by atoms with van der Waals surface area (Å²) in [5, 5.41) is 0. The molecule has 0 aromatic rings. The second-order valence-corrected chi connectivity index (χ2v) is 4.47. The Morgan fingerprint density at radius 2 is 2.25 bits per heavy atom. The Balaban J connectivity index is 2.23. The van der Waals surface area contributed by atoms with E-state index in [0.717, 1.165) is 51.9 Å². The molecule has 1 aliphatic heterocycles. The van der Waals surface area contributed by atoms with Gasteiger partial charge in [0.25, 0.3) is 0 Å². The molecule has 0 aromatic carbocycles. The highest BCUT2D eigenvalue weighted by Gasteiger charge is 2.18. The molecule has 1 saturated heterocycles. The minimum absolute atomic E-state index is 0.176. The largest absolute Gasteiger partial charge is 0.377 e. The SMILES string of the molecule is CC1CN(C(=O)CCCCCN)CCCO1. The molecule has 1 heterocycles. The fourth-order valence-electron chi connectivity index (χ4n) is 1.98. The van der Waals surface area contributed by atoms with Gasteiger partial charge in [0.05, 0.1) is 6.10 Å². The minimum Gasteiger partial charge on any atom is -0.377 e. The van der Waals surface area contributed by atoms with Crippen LogP contribution >= 0.6 is 0 Å². The number of nitrogens with two attached hydrogens (primary N) is 1. The highest BCUT2D eigenvalue weighted by atomic mass is 16.5. The minimum atomic E-state index is 0.176. The number of nitrogens with zero attached hydrogens (tertiary/aromatic N) is 1. The number of carbonyl (C=O) groups is 1. The molecule has 4 nitrogen and oxygen atoms in total. The van der Waals surface area contributed by atoms with Crippen LogP contribution in [0.5, 0.6) is 0 Å². The van der Waals surface area contributed by atoms with Gasteiger partial charge in [-0.25, -0.2) is 0 Å². The second kappa shape index (κ2) is 7.63. The lowest BCUT2D eigenvalue weighted by atomic mass is 10.1. The maximum Gasteiger partial charge on any atom is 0.222 e. The molecule has 0 aliphatic carbocycles. The van der Waals surface area contributed by atoms with Crippen molar-refractivity contribution in [1.29, 1.82) is 0 Å². The van der Waals surface area contributed by atoms with Gasteiger partial charge < -0.3 is 15.4 Å². The van der Waals surface area contributed by atoms with Crippen molar-refractivity contribution in [2.24, 2.45) is 5.73 Å². The number of unbranched alkanes of at least 4 members (excludes halogenated alkanes) is 2. The van der Waals surface area contributed by atoms with Crippen LogP contribution in [0, 0.1) is 0 Å². The summed E-state index contributed by atoms with van der Waals surface area (Å²) in [5.41, 5.74) is 5.42. The Bertz CT molecular complexity index is 209. The summed E-state index contributed by atoms with van der Waals surface area (Å²) in [7, 11) is 0. The molecule has 1 amide bonds. The van der Waals surface area contributed by atoms with E-state index in [1.165, 1.54) is 0 Å². The lowest BCUT2D eigenvalue weighted by molar-refractivity contribution is -0.132. The number of hydrogen-bond donors (Lipinski definition) is 1. The van der Waals surface area contributed by atoms with Crippen LogP contribution in [0.15, 0.2) is 0 Å². The zero-order chi connectivity index (χ0) is 11.8. The fraction of sp³-hybridized carbons (Fsp3) is 0.917. The molecule has 1 unspecified atom stereocenters. The fourth-order valence-corrected chi connectivity index (χ4v) is 1.98. The van der Waals surface area contributed by atoms with Crippen LogP contribution in [-0.4, -0.2) is 43.2 Å². The third kappa shape index (κ3) is 4.94. The predicted molar refractivity (Wildman–Crippen MR) is 64.1 cm³/mol. The molecule has 0 aromatic heterocycles. The summed E-state index contributed by atoms with van der Waals surface area (Å²) < 4.78 is 5.52. The highest BCUT2D eigenvalue weighted by molar-refractivity contribution is 5.76. The summed E-state index contributed by atoms with van der Waals surface area (Å²) in [6.45, 7) is 5.12. The quantitative estimate of drug-likeness (QED) is 0.718. The van der Waals surface area contributed by atoms with E-state index < -0.39 is 0 Å². The maximum absolute atomic E-state index is 11.9. The van der Waals surface area contributed by atoms with Gasteiger partial charge >= 0.3 is 0 Å². The molecule has 1 fully saturated rings. The number of hydrogen-bond acceptors (Lipinski definition) is 3. The summed E-state index contributed by atoms with van der Waals surface area (Å²) in [6, 6.07) is 0. The van der Waals surface area contributed by atoms with E-state index in [9.17, 15) is 4.79 Å². The van der Waals surface area contributed by atoms with Gasteiger partial charge in [-0.15, -0.1) is 0 Å². The highest BCUT2D eigenvalue weighted by Crippen LogP contribution is 2.09. The topological polar surface area (TPSA) is 55.6 Å². The van der Waals surface area contributed by atoms with Gasteiger partial charge in [0, 0.05) is 26.1 Å². The molecule has 4 heteroatoms. The van der Waals surface area contributed by atoms with Crippen LogP contribution in [0.3, 0.4) is 0 Å². The van der Waals surface area contributed by atoms with Crippen LogP contribution in [0.2, 0.25) is 0 Å². The summed E-state index contributed by atoms with van der Waals surface area (Å²) in [5.74, 6) is 0.273. The second-order valence-electron chi connectivity index (χ2n) is 4.47. The lowest BCUT2D eigenvalue weighted by Crippen LogP contribution is -2.35. The molecular weight excluding hydrogens is 204 g/mol. The Labute approximate surface area is 98.1 Å². The van der Waals surface area contributed by atoms with Crippen LogP contribution in [-0.2, 0) is 9.53 Å². The smallest absolute Gasteiger partial charge is 0.222 e. The first-order valence-corrected chi connectivity index (χ1v) is 6.33. The van der Waals surface area contributed by atoms with Crippen molar-refractivity contribution in [2.75, 3.05) is 26.2 Å². The maximum atomic E-state index is 11.9. The van der Waals surface area contributed by atoms with E-state index in [1.807, 2.05) is 11.8 Å². The molecule has 16 heavy (non-hydrogen) atoms. The van der Waals surface area contributed by atoms with Gasteiger partial charge in [-0.05, 0) is 32.7 Å². The Kier molecular flexibility index (Phi) is 6.42. The number of carbonyl (C=O) groups excluding carboxylic acids is 1. The van der Waals surface area contributed by atoms with E-state index in [4.69, 9.17) is 10.5 Å². The monoisotopic (exact) mass is 228 g/mol. The normalized spacial score (nSPS) is 21.9. The Morgan fingerprint density at radius 1 is 1.44 bits per heavy atom. The van der Waals surface area contributed by atoms with Gasteiger partial charge in [0.15, 0.2) is 0 Å². The third-order valence-corrected chi connectivity index (χ3v) is 2.90. The van der Waals surface area contributed by atoms with E-state index >= 15 is 0 Å². The molecule has 0 spiro atoms. The zero-order valence-electron chi connectivity index (χ0n) is 10.3. The van der Waals surface area contributed by atoms with Crippen LogP contribution in [0.25, 0.3) is 0 Å². The lowest BCUT2D eigenvalue weighted by Gasteiger charge is -2.22. The van der Waals surface area contributed by atoms with Crippen molar-refractivity contribution in [3.8, 4) is 0 Å². The standard InChI is InChI=1S/C12H24N2O2/c1-11-10-14(8-5-9-16-11)12(15)6-3-2-4-7-13/h11H,2-10,13H2,1H3. The summed E-state index contributed by atoms with van der Waals surface area (Å²) >= 11 is 0. The van der Waals surface area contributed by atoms with Gasteiger partial charge in [0.1, 0.15) is 0 Å². The molecule has 0 radical (unpaired) electrons. The molecule has 2 N–H and O–H groups in total. The first kappa shape index (κ1) is 13.5. The van der Waals surface area contributed by atoms with Crippen molar-refractivity contribution in [1.82, 2.24) is 4.90 Å². The molecule has 0 bridgehead atoms. The van der Waals surface area contributed by atoms with Crippen LogP contribution < -0.4 is 5.73 Å².